The second-order valence-electron chi connectivity index (χ2n) is 3.54. The standard InChI is InChI=1S/C8H11N3O4/c1-4(2)3-5-9-7(12)6(11(14)15)8(13)10-5/h4H,3H2,1-2H3,(H2,9,10,12,13). The number of hydrogen-bond acceptors (Lipinski definition) is 5. The first kappa shape index (κ1) is 11.2. The lowest BCUT2D eigenvalue weighted by Crippen LogP contribution is -2.16. The van der Waals surface area contributed by atoms with Crippen molar-refractivity contribution in [1.29, 1.82) is 0 Å². The second kappa shape index (κ2) is 4.07. The number of hydrogen-bond donors (Lipinski definition) is 2. The molecule has 7 heteroatoms. The average molecular weight is 213 g/mol. The van der Waals surface area contributed by atoms with Crippen LogP contribution in [0.25, 0.3) is 0 Å². The fourth-order valence-electron chi connectivity index (χ4n) is 1.15. The predicted octanol–water partition coefficient (Wildman–Crippen LogP) is 0.582. The van der Waals surface area contributed by atoms with Crippen molar-refractivity contribution in [2.75, 3.05) is 0 Å². The Balaban J connectivity index is 3.20. The van der Waals surface area contributed by atoms with Crippen molar-refractivity contribution in [3.05, 3.63) is 26.3 Å². The quantitative estimate of drug-likeness (QED) is 0.563. The highest BCUT2D eigenvalue weighted by Gasteiger charge is 2.21. The fraction of sp³-hybridized carbons (Fsp3) is 0.500. The SMILES string of the molecule is CC(C)Cc1nc(O)c([N+](=O)[O-])c(=O)[nH]1. The van der Waals surface area contributed by atoms with Crippen LogP contribution in [0, 0.1) is 16.0 Å². The molecular weight excluding hydrogens is 202 g/mol. The Labute approximate surface area is 84.9 Å². The molecule has 0 bridgehead atoms. The average Bonchev–Trinajstić information content (AvgIpc) is 1.99. The van der Waals surface area contributed by atoms with E-state index in [0.29, 0.717) is 6.42 Å². The van der Waals surface area contributed by atoms with Crippen molar-refractivity contribution in [3.8, 4) is 5.88 Å². The molecule has 7 nitrogen and oxygen atoms in total. The van der Waals surface area contributed by atoms with Crippen LogP contribution < -0.4 is 5.56 Å². The first-order valence-corrected chi connectivity index (χ1v) is 4.38. The van der Waals surface area contributed by atoms with Gasteiger partial charge in [0.15, 0.2) is 0 Å². The summed E-state index contributed by atoms with van der Waals surface area (Å²) < 4.78 is 0. The van der Waals surface area contributed by atoms with E-state index >= 15 is 0 Å². The summed E-state index contributed by atoms with van der Waals surface area (Å²) in [7, 11) is 0. The van der Waals surface area contributed by atoms with Crippen molar-refractivity contribution < 1.29 is 10.0 Å². The molecule has 0 radical (unpaired) electrons. The van der Waals surface area contributed by atoms with Gasteiger partial charge in [0.25, 0.3) is 5.88 Å². The zero-order valence-corrected chi connectivity index (χ0v) is 8.35. The molecule has 0 aliphatic rings. The number of nitrogens with zero attached hydrogens (tertiary/aromatic N) is 2. The van der Waals surface area contributed by atoms with Crippen LogP contribution in [0.5, 0.6) is 5.88 Å². The summed E-state index contributed by atoms with van der Waals surface area (Å²) in [5, 5.41) is 19.5. The van der Waals surface area contributed by atoms with Crippen LogP contribution in [0.4, 0.5) is 5.69 Å². The lowest BCUT2D eigenvalue weighted by atomic mass is 10.1. The Hall–Kier alpha value is -1.92. The first-order chi connectivity index (χ1) is 6.91. The van der Waals surface area contributed by atoms with E-state index in [4.69, 9.17) is 0 Å². The molecule has 1 aromatic heterocycles. The molecule has 2 N–H and O–H groups in total. The van der Waals surface area contributed by atoms with Crippen molar-refractivity contribution in [3.63, 3.8) is 0 Å². The van der Waals surface area contributed by atoms with Gasteiger partial charge in [-0.3, -0.25) is 14.9 Å². The zero-order valence-electron chi connectivity index (χ0n) is 8.35. The van der Waals surface area contributed by atoms with Gasteiger partial charge in [0.2, 0.25) is 0 Å². The van der Waals surface area contributed by atoms with Crippen molar-refractivity contribution in [2.24, 2.45) is 5.92 Å². The highest BCUT2D eigenvalue weighted by atomic mass is 16.6. The number of aromatic nitrogens is 2. The van der Waals surface area contributed by atoms with Gasteiger partial charge in [-0.2, -0.15) is 4.98 Å². The number of nitrogens with one attached hydrogen (secondary N) is 1. The van der Waals surface area contributed by atoms with Gasteiger partial charge in [-0.05, 0) is 5.92 Å². The highest BCUT2D eigenvalue weighted by Crippen LogP contribution is 2.17. The van der Waals surface area contributed by atoms with Gasteiger partial charge in [-0.1, -0.05) is 13.8 Å². The van der Waals surface area contributed by atoms with E-state index in [9.17, 15) is 20.0 Å². The maximum atomic E-state index is 11.2. The van der Waals surface area contributed by atoms with Crippen molar-refractivity contribution >= 4 is 5.69 Å². The Morgan fingerprint density at radius 3 is 2.60 bits per heavy atom. The monoisotopic (exact) mass is 213 g/mol. The van der Waals surface area contributed by atoms with Gasteiger partial charge < -0.3 is 10.1 Å². The van der Waals surface area contributed by atoms with Crippen LogP contribution in [0.1, 0.15) is 19.7 Å². The molecule has 0 aliphatic heterocycles. The summed E-state index contributed by atoms with van der Waals surface area (Å²) in [4.78, 5) is 26.4. The minimum Gasteiger partial charge on any atom is -0.488 e. The van der Waals surface area contributed by atoms with Gasteiger partial charge in [0, 0.05) is 6.42 Å². The minimum atomic E-state index is -0.958. The molecule has 15 heavy (non-hydrogen) atoms. The van der Waals surface area contributed by atoms with Gasteiger partial charge in [-0.15, -0.1) is 0 Å². The lowest BCUT2D eigenvalue weighted by molar-refractivity contribution is -0.387. The molecule has 0 unspecified atom stereocenters. The smallest absolute Gasteiger partial charge is 0.395 e. The maximum absolute atomic E-state index is 11.2. The topological polar surface area (TPSA) is 109 Å². The van der Waals surface area contributed by atoms with Crippen LogP contribution in [-0.4, -0.2) is 20.0 Å². The van der Waals surface area contributed by atoms with Gasteiger partial charge in [0.1, 0.15) is 5.82 Å². The summed E-state index contributed by atoms with van der Waals surface area (Å²) in [6.45, 7) is 3.80. The number of nitro groups is 1. The summed E-state index contributed by atoms with van der Waals surface area (Å²) in [5.41, 5.74) is -1.84. The van der Waals surface area contributed by atoms with Gasteiger partial charge >= 0.3 is 11.2 Å². The molecule has 0 spiro atoms. The van der Waals surface area contributed by atoms with Crippen LogP contribution >= 0.6 is 0 Å². The van der Waals surface area contributed by atoms with Gasteiger partial charge in [0.05, 0.1) is 4.92 Å². The highest BCUT2D eigenvalue weighted by molar-refractivity contribution is 5.36. The lowest BCUT2D eigenvalue weighted by Gasteiger charge is -2.03. The van der Waals surface area contributed by atoms with Gasteiger partial charge in [-0.25, -0.2) is 0 Å². The molecular formula is C8H11N3O4. The van der Waals surface area contributed by atoms with E-state index in [1.807, 2.05) is 13.8 Å². The van der Waals surface area contributed by atoms with Crippen LogP contribution in [0.2, 0.25) is 0 Å². The van der Waals surface area contributed by atoms with Crippen LogP contribution in [0.3, 0.4) is 0 Å². The van der Waals surface area contributed by atoms with Crippen LogP contribution in [-0.2, 0) is 6.42 Å². The van der Waals surface area contributed by atoms with E-state index in [0.717, 1.165) is 0 Å². The fourth-order valence-corrected chi connectivity index (χ4v) is 1.15. The van der Waals surface area contributed by atoms with E-state index in [1.54, 1.807) is 0 Å². The predicted molar refractivity (Wildman–Crippen MR) is 51.7 cm³/mol. The number of aromatic hydroxyl groups is 1. The van der Waals surface area contributed by atoms with Crippen molar-refractivity contribution in [1.82, 2.24) is 9.97 Å². The Bertz CT molecular complexity index is 438. The molecule has 0 atom stereocenters. The summed E-state index contributed by atoms with van der Waals surface area (Å²) in [6.07, 6.45) is 0.445. The third kappa shape index (κ3) is 2.52. The first-order valence-electron chi connectivity index (χ1n) is 4.38. The molecule has 0 saturated carbocycles. The van der Waals surface area contributed by atoms with Crippen molar-refractivity contribution in [2.45, 2.75) is 20.3 Å². The second-order valence-corrected chi connectivity index (χ2v) is 3.54. The molecule has 0 aromatic carbocycles. The Morgan fingerprint density at radius 2 is 2.20 bits per heavy atom. The van der Waals surface area contributed by atoms with E-state index in [-0.39, 0.29) is 11.7 Å². The molecule has 0 aliphatic carbocycles. The Kier molecular flexibility index (Phi) is 3.03. The maximum Gasteiger partial charge on any atom is 0.395 e. The molecule has 0 amide bonds. The summed E-state index contributed by atoms with van der Waals surface area (Å²) in [5.74, 6) is -0.355. The number of rotatable bonds is 3. The third-order valence-corrected chi connectivity index (χ3v) is 1.71. The van der Waals surface area contributed by atoms with Crippen LogP contribution in [0.15, 0.2) is 4.79 Å². The molecule has 82 valence electrons. The molecule has 0 fully saturated rings. The number of H-pyrrole nitrogens is 1. The molecule has 0 saturated heterocycles. The Morgan fingerprint density at radius 1 is 1.60 bits per heavy atom. The molecule has 1 rings (SSSR count). The summed E-state index contributed by atoms with van der Waals surface area (Å²) >= 11 is 0. The minimum absolute atomic E-state index is 0.231. The van der Waals surface area contributed by atoms with E-state index < -0.39 is 22.0 Å². The normalized spacial score (nSPS) is 10.6. The van der Waals surface area contributed by atoms with E-state index in [1.165, 1.54) is 0 Å². The molecule has 1 aromatic rings. The van der Waals surface area contributed by atoms with E-state index in [2.05, 4.69) is 9.97 Å². The number of aromatic amines is 1. The zero-order chi connectivity index (χ0) is 11.6. The molecule has 1 heterocycles. The largest absolute Gasteiger partial charge is 0.488 e. The summed E-state index contributed by atoms with van der Waals surface area (Å²) in [6, 6.07) is 0. The third-order valence-electron chi connectivity index (χ3n) is 1.71.